The van der Waals surface area contributed by atoms with Gasteiger partial charge in [-0.05, 0) is 25.1 Å². The van der Waals surface area contributed by atoms with Crippen LogP contribution in [0.2, 0.25) is 5.02 Å². The molecule has 0 aliphatic rings. The lowest BCUT2D eigenvalue weighted by Crippen LogP contribution is -2.13. The van der Waals surface area contributed by atoms with Crippen LogP contribution in [0.4, 0.5) is 10.8 Å². The standard InChI is InChI=1S/C12H12ClN3O3S2/c1-7-6-20-12(14-7)16-21(18,19)9-3-4-11(10(13)5-9)15-8(2)17/h3-6H,1-2H3,(H,14,16)(H,15,17). The second kappa shape index (κ2) is 6.00. The van der Waals surface area contributed by atoms with Gasteiger partial charge in [0.05, 0.1) is 21.3 Å². The van der Waals surface area contributed by atoms with Crippen LogP contribution in [0.5, 0.6) is 0 Å². The molecule has 2 rings (SSSR count). The molecule has 6 nitrogen and oxygen atoms in total. The lowest BCUT2D eigenvalue weighted by atomic mass is 10.3. The van der Waals surface area contributed by atoms with E-state index in [4.69, 9.17) is 11.6 Å². The average Bonchev–Trinajstić information content (AvgIpc) is 2.76. The van der Waals surface area contributed by atoms with Crippen LogP contribution in [-0.4, -0.2) is 19.3 Å². The summed E-state index contributed by atoms with van der Waals surface area (Å²) in [6.45, 7) is 3.11. The number of hydrogen-bond acceptors (Lipinski definition) is 5. The van der Waals surface area contributed by atoms with Crippen molar-refractivity contribution in [3.63, 3.8) is 0 Å². The van der Waals surface area contributed by atoms with E-state index in [-0.39, 0.29) is 21.0 Å². The fraction of sp³-hybridized carbons (Fsp3) is 0.167. The Balaban J connectivity index is 2.28. The Hall–Kier alpha value is -1.64. The molecule has 1 amide bonds. The molecule has 0 atom stereocenters. The molecule has 0 aliphatic carbocycles. The molecule has 0 spiro atoms. The van der Waals surface area contributed by atoms with Crippen molar-refractivity contribution in [1.82, 2.24) is 4.98 Å². The van der Waals surface area contributed by atoms with Gasteiger partial charge < -0.3 is 5.32 Å². The highest BCUT2D eigenvalue weighted by Crippen LogP contribution is 2.27. The Kier molecular flexibility index (Phi) is 4.50. The van der Waals surface area contributed by atoms with Gasteiger partial charge in [0.15, 0.2) is 5.13 Å². The van der Waals surface area contributed by atoms with Crippen LogP contribution in [0.3, 0.4) is 0 Å². The van der Waals surface area contributed by atoms with E-state index in [0.717, 1.165) is 5.69 Å². The lowest BCUT2D eigenvalue weighted by Gasteiger charge is -2.09. The topological polar surface area (TPSA) is 88.2 Å². The van der Waals surface area contributed by atoms with Crippen molar-refractivity contribution in [2.75, 3.05) is 10.0 Å². The molecule has 1 heterocycles. The summed E-state index contributed by atoms with van der Waals surface area (Å²) in [5, 5.41) is 4.68. The first-order valence-electron chi connectivity index (χ1n) is 5.80. The molecule has 0 saturated heterocycles. The van der Waals surface area contributed by atoms with E-state index in [2.05, 4.69) is 15.0 Å². The zero-order valence-electron chi connectivity index (χ0n) is 11.2. The van der Waals surface area contributed by atoms with Gasteiger partial charge in [-0.1, -0.05) is 11.6 Å². The third-order valence-corrected chi connectivity index (χ3v) is 5.06. The number of anilines is 2. The van der Waals surface area contributed by atoms with Crippen molar-refractivity contribution in [3.8, 4) is 0 Å². The van der Waals surface area contributed by atoms with E-state index in [1.807, 2.05) is 0 Å². The molecule has 0 unspecified atom stereocenters. The molecule has 21 heavy (non-hydrogen) atoms. The fourth-order valence-electron chi connectivity index (χ4n) is 1.53. The van der Waals surface area contributed by atoms with Crippen LogP contribution >= 0.6 is 22.9 Å². The maximum absolute atomic E-state index is 12.2. The fourth-order valence-corrected chi connectivity index (χ4v) is 3.79. The Bertz CT molecular complexity index is 787. The summed E-state index contributed by atoms with van der Waals surface area (Å²) in [4.78, 5) is 15.0. The summed E-state index contributed by atoms with van der Waals surface area (Å²) >= 11 is 7.16. The largest absolute Gasteiger partial charge is 0.325 e. The van der Waals surface area contributed by atoms with E-state index in [1.165, 1.54) is 36.5 Å². The highest BCUT2D eigenvalue weighted by Gasteiger charge is 2.17. The van der Waals surface area contributed by atoms with Gasteiger partial charge in [-0.15, -0.1) is 11.3 Å². The predicted molar refractivity (Wildman–Crippen MR) is 83.4 cm³/mol. The smallest absolute Gasteiger partial charge is 0.263 e. The van der Waals surface area contributed by atoms with Crippen LogP contribution < -0.4 is 10.0 Å². The van der Waals surface area contributed by atoms with Gasteiger partial charge in [0.25, 0.3) is 10.0 Å². The minimum atomic E-state index is -3.77. The third-order valence-electron chi connectivity index (χ3n) is 2.40. The van der Waals surface area contributed by atoms with Gasteiger partial charge in [-0.3, -0.25) is 9.52 Å². The SMILES string of the molecule is CC(=O)Nc1ccc(S(=O)(=O)Nc2nc(C)cs2)cc1Cl. The van der Waals surface area contributed by atoms with Crippen LogP contribution in [0.25, 0.3) is 0 Å². The molecule has 1 aromatic carbocycles. The molecule has 0 saturated carbocycles. The number of amides is 1. The van der Waals surface area contributed by atoms with E-state index >= 15 is 0 Å². The first-order chi connectivity index (χ1) is 9.78. The maximum atomic E-state index is 12.2. The number of sulfonamides is 1. The quantitative estimate of drug-likeness (QED) is 0.891. The summed E-state index contributed by atoms with van der Waals surface area (Å²) in [7, 11) is -3.77. The number of aromatic nitrogens is 1. The Morgan fingerprint density at radius 2 is 2.10 bits per heavy atom. The molecule has 0 bridgehead atoms. The van der Waals surface area contributed by atoms with Crippen molar-refractivity contribution in [2.45, 2.75) is 18.7 Å². The van der Waals surface area contributed by atoms with Crippen molar-refractivity contribution in [3.05, 3.63) is 34.3 Å². The zero-order valence-corrected chi connectivity index (χ0v) is 13.6. The molecule has 2 N–H and O–H groups in total. The van der Waals surface area contributed by atoms with Gasteiger partial charge in [0.2, 0.25) is 5.91 Å². The monoisotopic (exact) mass is 345 g/mol. The number of aryl methyl sites for hydroxylation is 1. The molecular formula is C12H12ClN3O3S2. The number of thiazole rings is 1. The Labute approximate surface area is 131 Å². The van der Waals surface area contributed by atoms with Gasteiger partial charge in [0.1, 0.15) is 0 Å². The zero-order chi connectivity index (χ0) is 15.6. The molecule has 1 aromatic heterocycles. The van der Waals surface area contributed by atoms with Crippen molar-refractivity contribution in [2.24, 2.45) is 0 Å². The first kappa shape index (κ1) is 15.7. The van der Waals surface area contributed by atoms with Crippen LogP contribution in [0.1, 0.15) is 12.6 Å². The number of halogens is 1. The molecule has 112 valence electrons. The minimum Gasteiger partial charge on any atom is -0.325 e. The van der Waals surface area contributed by atoms with Crippen LogP contribution in [0, 0.1) is 6.92 Å². The number of carbonyl (C=O) groups excluding carboxylic acids is 1. The number of rotatable bonds is 4. The van der Waals surface area contributed by atoms with Gasteiger partial charge in [-0.25, -0.2) is 13.4 Å². The number of hydrogen-bond donors (Lipinski definition) is 2. The van der Waals surface area contributed by atoms with Gasteiger partial charge in [0, 0.05) is 12.3 Å². The molecule has 2 aromatic rings. The summed E-state index contributed by atoms with van der Waals surface area (Å²) in [5.74, 6) is -0.288. The highest BCUT2D eigenvalue weighted by molar-refractivity contribution is 7.93. The Morgan fingerprint density at radius 1 is 1.38 bits per heavy atom. The van der Waals surface area contributed by atoms with Crippen molar-refractivity contribution >= 4 is 49.7 Å². The molecule has 9 heteroatoms. The van der Waals surface area contributed by atoms with Crippen molar-refractivity contribution < 1.29 is 13.2 Å². The minimum absolute atomic E-state index is 0.00513. The predicted octanol–water partition coefficient (Wildman–Crippen LogP) is 2.86. The van der Waals surface area contributed by atoms with E-state index in [9.17, 15) is 13.2 Å². The normalized spacial score (nSPS) is 11.2. The summed E-state index contributed by atoms with van der Waals surface area (Å²) in [6.07, 6.45) is 0. The summed E-state index contributed by atoms with van der Waals surface area (Å²) in [5.41, 5.74) is 1.09. The molecule has 0 aliphatic heterocycles. The average molecular weight is 346 g/mol. The Morgan fingerprint density at radius 3 is 2.62 bits per heavy atom. The highest BCUT2D eigenvalue weighted by atomic mass is 35.5. The first-order valence-corrected chi connectivity index (χ1v) is 8.54. The number of nitrogens with zero attached hydrogens (tertiary/aromatic N) is 1. The van der Waals surface area contributed by atoms with Crippen LogP contribution in [-0.2, 0) is 14.8 Å². The number of nitrogens with one attached hydrogen (secondary N) is 2. The third kappa shape index (κ3) is 3.93. The lowest BCUT2D eigenvalue weighted by molar-refractivity contribution is -0.114. The second-order valence-corrected chi connectivity index (χ2v) is 7.17. The summed E-state index contributed by atoms with van der Waals surface area (Å²) in [6, 6.07) is 4.07. The van der Waals surface area contributed by atoms with E-state index < -0.39 is 10.0 Å². The maximum Gasteiger partial charge on any atom is 0.263 e. The van der Waals surface area contributed by atoms with E-state index in [1.54, 1.807) is 12.3 Å². The van der Waals surface area contributed by atoms with Gasteiger partial charge in [-0.2, -0.15) is 0 Å². The van der Waals surface area contributed by atoms with Gasteiger partial charge >= 0.3 is 0 Å². The van der Waals surface area contributed by atoms with Crippen LogP contribution in [0.15, 0.2) is 28.5 Å². The van der Waals surface area contributed by atoms with Crippen molar-refractivity contribution in [1.29, 1.82) is 0 Å². The molecular weight excluding hydrogens is 334 g/mol. The molecule has 0 radical (unpaired) electrons. The second-order valence-electron chi connectivity index (χ2n) is 4.22. The number of carbonyl (C=O) groups is 1. The van der Waals surface area contributed by atoms with E-state index in [0.29, 0.717) is 5.69 Å². The molecule has 0 fully saturated rings. The summed E-state index contributed by atoms with van der Waals surface area (Å²) < 4.78 is 26.8. The number of benzene rings is 1.